The standard InChI is InChI=1S/C22H23FN4O/c1-26-13-11-24-21(26)15-27-12-3-6-20(27)22(28)25-19-9-7-16(8-10-19)17-4-2-5-18(23)14-17/h2,4-5,7-11,13-14,20H,3,6,12,15H2,1H3,(H,25,28)/t20-/m1/s1. The highest BCUT2D eigenvalue weighted by molar-refractivity contribution is 5.95. The molecular weight excluding hydrogens is 355 g/mol. The van der Waals surface area contributed by atoms with Crippen LogP contribution in [-0.4, -0.2) is 32.9 Å². The zero-order chi connectivity index (χ0) is 19.5. The Morgan fingerprint density at radius 3 is 2.75 bits per heavy atom. The number of aromatic nitrogens is 2. The number of aryl methyl sites for hydroxylation is 1. The monoisotopic (exact) mass is 378 g/mol. The molecule has 28 heavy (non-hydrogen) atoms. The van der Waals surface area contributed by atoms with Crippen LogP contribution in [0.3, 0.4) is 0 Å². The number of imidazole rings is 1. The Labute approximate surface area is 163 Å². The van der Waals surface area contributed by atoms with E-state index >= 15 is 0 Å². The highest BCUT2D eigenvalue weighted by Crippen LogP contribution is 2.24. The summed E-state index contributed by atoms with van der Waals surface area (Å²) in [7, 11) is 1.97. The molecule has 3 aromatic rings. The van der Waals surface area contributed by atoms with Crippen molar-refractivity contribution < 1.29 is 9.18 Å². The molecule has 1 aliphatic heterocycles. The van der Waals surface area contributed by atoms with Crippen LogP contribution in [0, 0.1) is 5.82 Å². The van der Waals surface area contributed by atoms with Gasteiger partial charge in [-0.2, -0.15) is 0 Å². The van der Waals surface area contributed by atoms with Crippen molar-refractivity contribution in [2.24, 2.45) is 7.05 Å². The van der Waals surface area contributed by atoms with Gasteiger partial charge >= 0.3 is 0 Å². The molecule has 0 radical (unpaired) electrons. The number of benzene rings is 2. The van der Waals surface area contributed by atoms with E-state index in [1.54, 1.807) is 12.3 Å². The van der Waals surface area contributed by atoms with Crippen LogP contribution in [0.25, 0.3) is 11.1 Å². The number of nitrogens with zero attached hydrogens (tertiary/aromatic N) is 3. The van der Waals surface area contributed by atoms with Crippen LogP contribution in [0.4, 0.5) is 10.1 Å². The van der Waals surface area contributed by atoms with Crippen LogP contribution in [-0.2, 0) is 18.4 Å². The Hall–Kier alpha value is -2.99. The largest absolute Gasteiger partial charge is 0.337 e. The van der Waals surface area contributed by atoms with Crippen molar-refractivity contribution in [3.05, 3.63) is 72.6 Å². The van der Waals surface area contributed by atoms with Gasteiger partial charge in [-0.1, -0.05) is 24.3 Å². The van der Waals surface area contributed by atoms with Gasteiger partial charge in [-0.15, -0.1) is 0 Å². The first-order valence-electron chi connectivity index (χ1n) is 9.47. The average molecular weight is 378 g/mol. The van der Waals surface area contributed by atoms with Crippen molar-refractivity contribution in [3.8, 4) is 11.1 Å². The third-order valence-corrected chi connectivity index (χ3v) is 5.24. The summed E-state index contributed by atoms with van der Waals surface area (Å²) in [6.45, 7) is 1.56. The Bertz CT molecular complexity index is 967. The predicted molar refractivity (Wildman–Crippen MR) is 107 cm³/mol. The van der Waals surface area contributed by atoms with E-state index in [2.05, 4.69) is 15.2 Å². The zero-order valence-electron chi connectivity index (χ0n) is 15.8. The minimum atomic E-state index is -0.260. The van der Waals surface area contributed by atoms with Crippen molar-refractivity contribution in [2.45, 2.75) is 25.4 Å². The van der Waals surface area contributed by atoms with E-state index in [4.69, 9.17) is 0 Å². The summed E-state index contributed by atoms with van der Waals surface area (Å²) in [6, 6.07) is 13.8. The molecule has 0 bridgehead atoms. The van der Waals surface area contributed by atoms with Gasteiger partial charge in [0.25, 0.3) is 0 Å². The number of amides is 1. The van der Waals surface area contributed by atoms with E-state index < -0.39 is 0 Å². The molecule has 144 valence electrons. The molecule has 1 fully saturated rings. The summed E-state index contributed by atoms with van der Waals surface area (Å²) in [4.78, 5) is 19.4. The second-order valence-electron chi connectivity index (χ2n) is 7.16. The Balaban J connectivity index is 1.42. The maximum Gasteiger partial charge on any atom is 0.241 e. The van der Waals surface area contributed by atoms with Crippen molar-refractivity contribution >= 4 is 11.6 Å². The zero-order valence-corrected chi connectivity index (χ0v) is 15.8. The van der Waals surface area contributed by atoms with Crippen LogP contribution in [0.5, 0.6) is 0 Å². The van der Waals surface area contributed by atoms with Crippen LogP contribution >= 0.6 is 0 Å². The molecule has 2 heterocycles. The second-order valence-corrected chi connectivity index (χ2v) is 7.16. The quantitative estimate of drug-likeness (QED) is 0.734. The van der Waals surface area contributed by atoms with E-state index in [1.165, 1.54) is 12.1 Å². The smallest absolute Gasteiger partial charge is 0.241 e. The summed E-state index contributed by atoms with van der Waals surface area (Å²) in [5, 5.41) is 3.02. The fourth-order valence-electron chi connectivity index (χ4n) is 3.68. The molecule has 5 nitrogen and oxygen atoms in total. The van der Waals surface area contributed by atoms with E-state index in [-0.39, 0.29) is 17.8 Å². The van der Waals surface area contributed by atoms with Crippen LogP contribution in [0.15, 0.2) is 60.9 Å². The number of anilines is 1. The molecule has 1 N–H and O–H groups in total. The summed E-state index contributed by atoms with van der Waals surface area (Å²) >= 11 is 0. The summed E-state index contributed by atoms with van der Waals surface area (Å²) in [5.74, 6) is 0.702. The fraction of sp³-hybridized carbons (Fsp3) is 0.273. The Morgan fingerprint density at radius 2 is 2.04 bits per heavy atom. The number of nitrogens with one attached hydrogen (secondary N) is 1. The van der Waals surface area contributed by atoms with Gasteiger partial charge in [-0.05, 0) is 54.8 Å². The first-order valence-corrected chi connectivity index (χ1v) is 9.47. The van der Waals surface area contributed by atoms with Gasteiger partial charge in [0.05, 0.1) is 12.6 Å². The lowest BCUT2D eigenvalue weighted by Gasteiger charge is -2.23. The van der Waals surface area contributed by atoms with Gasteiger partial charge < -0.3 is 9.88 Å². The Kier molecular flexibility index (Phi) is 5.21. The fourth-order valence-corrected chi connectivity index (χ4v) is 3.68. The lowest BCUT2D eigenvalue weighted by atomic mass is 10.1. The predicted octanol–water partition coefficient (Wildman–Crippen LogP) is 3.83. The molecule has 0 spiro atoms. The molecule has 1 aromatic heterocycles. The summed E-state index contributed by atoms with van der Waals surface area (Å²) in [6.07, 6.45) is 5.54. The maximum atomic E-state index is 13.4. The first-order chi connectivity index (χ1) is 13.6. The number of hydrogen-bond acceptors (Lipinski definition) is 3. The highest BCUT2D eigenvalue weighted by atomic mass is 19.1. The van der Waals surface area contributed by atoms with E-state index in [0.717, 1.165) is 42.0 Å². The van der Waals surface area contributed by atoms with Crippen LogP contribution in [0.1, 0.15) is 18.7 Å². The number of likely N-dealkylation sites (tertiary alicyclic amines) is 1. The van der Waals surface area contributed by atoms with Gasteiger partial charge in [-0.25, -0.2) is 9.37 Å². The highest BCUT2D eigenvalue weighted by Gasteiger charge is 2.31. The van der Waals surface area contributed by atoms with Gasteiger partial charge in [0.15, 0.2) is 0 Å². The van der Waals surface area contributed by atoms with Crippen molar-refractivity contribution in [2.75, 3.05) is 11.9 Å². The molecule has 0 saturated carbocycles. The average Bonchev–Trinajstić information content (AvgIpc) is 3.32. The van der Waals surface area contributed by atoms with Crippen LogP contribution in [0.2, 0.25) is 0 Å². The van der Waals surface area contributed by atoms with Crippen LogP contribution < -0.4 is 5.32 Å². The minimum absolute atomic E-state index is 0.00483. The van der Waals surface area contributed by atoms with Gasteiger partial charge in [0.2, 0.25) is 5.91 Å². The molecule has 1 saturated heterocycles. The second kappa shape index (κ2) is 7.94. The summed E-state index contributed by atoms with van der Waals surface area (Å²) in [5.41, 5.74) is 2.47. The SMILES string of the molecule is Cn1ccnc1CN1CCC[C@@H]1C(=O)Nc1ccc(-c2cccc(F)c2)cc1. The van der Waals surface area contributed by atoms with Gasteiger partial charge in [0.1, 0.15) is 11.6 Å². The number of carbonyl (C=O) groups excluding carboxylic acids is 1. The molecule has 1 amide bonds. The van der Waals surface area contributed by atoms with Gasteiger partial charge in [0, 0.05) is 25.1 Å². The third-order valence-electron chi connectivity index (χ3n) is 5.24. The van der Waals surface area contributed by atoms with Crippen molar-refractivity contribution in [1.82, 2.24) is 14.5 Å². The molecule has 0 unspecified atom stereocenters. The number of rotatable bonds is 5. The Morgan fingerprint density at radius 1 is 1.21 bits per heavy atom. The number of carbonyl (C=O) groups is 1. The topological polar surface area (TPSA) is 50.2 Å². The van der Waals surface area contributed by atoms with Gasteiger partial charge in [-0.3, -0.25) is 9.69 Å². The number of halogens is 1. The van der Waals surface area contributed by atoms with Crippen molar-refractivity contribution in [1.29, 1.82) is 0 Å². The van der Waals surface area contributed by atoms with E-state index in [9.17, 15) is 9.18 Å². The van der Waals surface area contributed by atoms with E-state index in [0.29, 0.717) is 6.54 Å². The maximum absolute atomic E-state index is 13.4. The minimum Gasteiger partial charge on any atom is -0.337 e. The lowest BCUT2D eigenvalue weighted by molar-refractivity contribution is -0.120. The number of hydrogen-bond donors (Lipinski definition) is 1. The molecule has 2 aromatic carbocycles. The normalized spacial score (nSPS) is 17.0. The first kappa shape index (κ1) is 18.4. The molecule has 4 rings (SSSR count). The molecule has 1 atom stereocenters. The van der Waals surface area contributed by atoms with E-state index in [1.807, 2.05) is 48.1 Å². The third kappa shape index (κ3) is 3.97. The summed E-state index contributed by atoms with van der Waals surface area (Å²) < 4.78 is 15.4. The van der Waals surface area contributed by atoms with Crippen molar-refractivity contribution in [3.63, 3.8) is 0 Å². The molecular formula is C22H23FN4O. The molecule has 6 heteroatoms. The molecule has 0 aliphatic carbocycles. The molecule has 1 aliphatic rings. The lowest BCUT2D eigenvalue weighted by Crippen LogP contribution is -2.39.